The lowest BCUT2D eigenvalue weighted by atomic mass is 10.2. The summed E-state index contributed by atoms with van der Waals surface area (Å²) in [5.74, 6) is 2.86. The van der Waals surface area contributed by atoms with Crippen LogP contribution in [0.1, 0.15) is 31.2 Å². The van der Waals surface area contributed by atoms with Crippen LogP contribution in [-0.2, 0) is 6.54 Å². The summed E-state index contributed by atoms with van der Waals surface area (Å²) in [6.45, 7) is 3.63. The van der Waals surface area contributed by atoms with Gasteiger partial charge in [0.15, 0.2) is 21.8 Å². The maximum atomic E-state index is 5.67. The zero-order chi connectivity index (χ0) is 23.9. The molecule has 2 aliphatic heterocycles. The highest BCUT2D eigenvalue weighted by Gasteiger charge is 2.16. The molecule has 0 unspecified atom stereocenters. The number of thiocarbonyl (C=S) groups is 1. The van der Waals surface area contributed by atoms with Crippen LogP contribution in [0, 0.1) is 0 Å². The van der Waals surface area contributed by atoms with Gasteiger partial charge in [-0.25, -0.2) is 15.0 Å². The second-order valence-electron chi connectivity index (χ2n) is 8.21. The second kappa shape index (κ2) is 11.5. The fourth-order valence-electron chi connectivity index (χ4n) is 3.94. The minimum Gasteiger partial charge on any atom is -0.486 e. The standard InChI is InChI=1S/C24H27N7O2S2/c34-23(27-16-17-6-7-18-19(14-17)33-13-12-32-18)30-22-28-20(31-10-3-1-2-4-11-31)15-21(29-22)35-24-25-8-5-9-26-24/h5-9,14-15H,1-4,10-13,16H2,(H2,27,28,29,30,34). The van der Waals surface area contributed by atoms with Crippen molar-refractivity contribution in [2.45, 2.75) is 42.4 Å². The number of nitrogens with one attached hydrogen (secondary N) is 2. The van der Waals surface area contributed by atoms with Crippen molar-refractivity contribution in [3.63, 3.8) is 0 Å². The van der Waals surface area contributed by atoms with Crippen molar-refractivity contribution in [3.05, 3.63) is 48.3 Å². The molecule has 0 amide bonds. The second-order valence-corrected chi connectivity index (χ2v) is 9.60. The van der Waals surface area contributed by atoms with Crippen LogP contribution in [-0.4, -0.2) is 51.4 Å². The van der Waals surface area contributed by atoms with Gasteiger partial charge in [0.25, 0.3) is 0 Å². The lowest BCUT2D eigenvalue weighted by Gasteiger charge is -2.22. The van der Waals surface area contributed by atoms with Crippen molar-refractivity contribution >= 4 is 40.9 Å². The van der Waals surface area contributed by atoms with Gasteiger partial charge >= 0.3 is 0 Å². The number of hydrogen-bond acceptors (Lipinski definition) is 9. The molecule has 11 heteroatoms. The molecule has 1 fully saturated rings. The molecule has 0 spiro atoms. The monoisotopic (exact) mass is 509 g/mol. The van der Waals surface area contributed by atoms with Gasteiger partial charge in [-0.05, 0) is 60.6 Å². The van der Waals surface area contributed by atoms with E-state index >= 15 is 0 Å². The van der Waals surface area contributed by atoms with Crippen LogP contribution in [0.2, 0.25) is 0 Å². The van der Waals surface area contributed by atoms with E-state index in [2.05, 4.69) is 30.5 Å². The fourth-order valence-corrected chi connectivity index (χ4v) is 4.81. The molecule has 0 bridgehead atoms. The van der Waals surface area contributed by atoms with Crippen LogP contribution in [0.5, 0.6) is 11.5 Å². The van der Waals surface area contributed by atoms with Crippen LogP contribution >= 0.6 is 24.0 Å². The summed E-state index contributed by atoms with van der Waals surface area (Å²) in [6.07, 6.45) is 8.27. The first-order valence-electron chi connectivity index (χ1n) is 11.8. The topological polar surface area (TPSA) is 97.3 Å². The Balaban J connectivity index is 1.29. The largest absolute Gasteiger partial charge is 0.486 e. The molecule has 4 heterocycles. The lowest BCUT2D eigenvalue weighted by molar-refractivity contribution is 0.171. The Kier molecular flexibility index (Phi) is 7.74. The SMILES string of the molecule is S=C(NCc1ccc2c(c1)OCCO2)Nc1nc(Sc2ncccn2)cc(N2CCCCCC2)n1. The number of nitrogens with zero attached hydrogens (tertiary/aromatic N) is 5. The van der Waals surface area contributed by atoms with Gasteiger partial charge in [0.05, 0.1) is 0 Å². The zero-order valence-electron chi connectivity index (χ0n) is 19.3. The average Bonchev–Trinajstić information content (AvgIpc) is 3.18. The predicted molar refractivity (Wildman–Crippen MR) is 139 cm³/mol. The summed E-state index contributed by atoms with van der Waals surface area (Å²) < 4.78 is 11.3. The van der Waals surface area contributed by atoms with Crippen LogP contribution in [0.4, 0.5) is 11.8 Å². The van der Waals surface area contributed by atoms with Gasteiger partial charge in [-0.3, -0.25) is 0 Å². The van der Waals surface area contributed by atoms with E-state index in [1.807, 2.05) is 24.3 Å². The van der Waals surface area contributed by atoms with Crippen molar-refractivity contribution in [2.24, 2.45) is 0 Å². The summed E-state index contributed by atoms with van der Waals surface area (Å²) in [5.41, 5.74) is 1.04. The summed E-state index contributed by atoms with van der Waals surface area (Å²) in [6, 6.07) is 9.68. The Bertz CT molecular complexity index is 1160. The molecular weight excluding hydrogens is 482 g/mol. The van der Waals surface area contributed by atoms with E-state index in [0.29, 0.717) is 36.0 Å². The highest BCUT2D eigenvalue weighted by molar-refractivity contribution is 7.99. The molecule has 0 radical (unpaired) electrons. The quantitative estimate of drug-likeness (QED) is 0.286. The summed E-state index contributed by atoms with van der Waals surface area (Å²) in [7, 11) is 0. The zero-order valence-corrected chi connectivity index (χ0v) is 20.9. The molecule has 0 atom stereocenters. The van der Waals surface area contributed by atoms with Gasteiger partial charge in [-0.1, -0.05) is 18.9 Å². The Morgan fingerprint density at radius 1 is 0.971 bits per heavy atom. The molecule has 35 heavy (non-hydrogen) atoms. The van der Waals surface area contributed by atoms with Gasteiger partial charge in [0.2, 0.25) is 5.95 Å². The molecule has 2 aromatic heterocycles. The average molecular weight is 510 g/mol. The number of hydrogen-bond donors (Lipinski definition) is 2. The third-order valence-electron chi connectivity index (χ3n) is 5.64. The molecular formula is C24H27N7O2S2. The number of fused-ring (bicyclic) bond motifs is 1. The number of rotatable bonds is 6. The van der Waals surface area contributed by atoms with Gasteiger partial charge in [-0.15, -0.1) is 0 Å². The van der Waals surface area contributed by atoms with Crippen molar-refractivity contribution in [2.75, 3.05) is 36.5 Å². The van der Waals surface area contributed by atoms with E-state index in [0.717, 1.165) is 53.8 Å². The van der Waals surface area contributed by atoms with E-state index in [9.17, 15) is 0 Å². The highest BCUT2D eigenvalue weighted by atomic mass is 32.2. The summed E-state index contributed by atoms with van der Waals surface area (Å²) in [4.78, 5) is 20.4. The molecule has 182 valence electrons. The molecule has 9 nitrogen and oxygen atoms in total. The van der Waals surface area contributed by atoms with Crippen LogP contribution in [0.15, 0.2) is 52.9 Å². The van der Waals surface area contributed by atoms with E-state index in [4.69, 9.17) is 26.7 Å². The van der Waals surface area contributed by atoms with Gasteiger partial charge < -0.3 is 25.0 Å². The van der Waals surface area contributed by atoms with Crippen LogP contribution < -0.4 is 25.0 Å². The third kappa shape index (κ3) is 6.49. The Morgan fingerprint density at radius 2 is 1.74 bits per heavy atom. The van der Waals surface area contributed by atoms with Gasteiger partial charge in [-0.2, -0.15) is 4.98 Å². The molecule has 0 aliphatic carbocycles. The van der Waals surface area contributed by atoms with Crippen LogP contribution in [0.25, 0.3) is 0 Å². The molecule has 2 N–H and O–H groups in total. The predicted octanol–water partition coefficient (Wildman–Crippen LogP) is 4.06. The maximum Gasteiger partial charge on any atom is 0.232 e. The molecule has 1 aromatic carbocycles. The minimum absolute atomic E-state index is 0.444. The third-order valence-corrected chi connectivity index (χ3v) is 6.70. The van der Waals surface area contributed by atoms with E-state index in [-0.39, 0.29) is 0 Å². The summed E-state index contributed by atoms with van der Waals surface area (Å²) >= 11 is 6.95. The van der Waals surface area contributed by atoms with Crippen molar-refractivity contribution in [3.8, 4) is 11.5 Å². The normalized spacial score (nSPS) is 15.3. The van der Waals surface area contributed by atoms with Gasteiger partial charge in [0, 0.05) is 38.1 Å². The molecule has 3 aromatic rings. The first kappa shape index (κ1) is 23.6. The first-order chi connectivity index (χ1) is 17.2. The van der Waals surface area contributed by atoms with Gasteiger partial charge in [0.1, 0.15) is 24.1 Å². The molecule has 1 saturated heterocycles. The number of anilines is 2. The Hall–Kier alpha value is -3.18. The van der Waals surface area contributed by atoms with Crippen molar-refractivity contribution < 1.29 is 9.47 Å². The van der Waals surface area contributed by atoms with Crippen molar-refractivity contribution in [1.29, 1.82) is 0 Å². The number of aromatic nitrogens is 4. The maximum absolute atomic E-state index is 5.67. The molecule has 5 rings (SSSR count). The number of ether oxygens (including phenoxy) is 2. The first-order valence-corrected chi connectivity index (χ1v) is 13.0. The fraction of sp³-hybridized carbons (Fsp3) is 0.375. The van der Waals surface area contributed by atoms with E-state index in [1.54, 1.807) is 18.5 Å². The molecule has 2 aliphatic rings. The lowest BCUT2D eigenvalue weighted by Crippen LogP contribution is -2.30. The van der Waals surface area contributed by atoms with Crippen molar-refractivity contribution in [1.82, 2.24) is 25.3 Å². The van der Waals surface area contributed by atoms with E-state index < -0.39 is 0 Å². The molecule has 0 saturated carbocycles. The number of benzene rings is 1. The smallest absolute Gasteiger partial charge is 0.232 e. The Labute approximate surface area is 214 Å². The van der Waals surface area contributed by atoms with Crippen LogP contribution in [0.3, 0.4) is 0 Å². The van der Waals surface area contributed by atoms with E-state index in [1.165, 1.54) is 24.6 Å². The Morgan fingerprint density at radius 3 is 2.54 bits per heavy atom. The highest BCUT2D eigenvalue weighted by Crippen LogP contribution is 2.31. The summed E-state index contributed by atoms with van der Waals surface area (Å²) in [5, 5.41) is 8.24. The minimum atomic E-state index is 0.444.